The molecule has 0 saturated heterocycles. The Labute approximate surface area is 181 Å². The van der Waals surface area contributed by atoms with E-state index in [0.29, 0.717) is 6.42 Å². The molecule has 0 spiro atoms. The molecule has 0 bridgehead atoms. The van der Waals surface area contributed by atoms with Gasteiger partial charge < -0.3 is 10.3 Å². The van der Waals surface area contributed by atoms with E-state index < -0.39 is 29.4 Å². The van der Waals surface area contributed by atoms with Crippen molar-refractivity contribution in [1.82, 2.24) is 19.9 Å². The van der Waals surface area contributed by atoms with Gasteiger partial charge in [0.25, 0.3) is 5.56 Å². The molecule has 0 aliphatic carbocycles. The lowest BCUT2D eigenvalue weighted by Crippen LogP contribution is -2.39. The molecule has 9 heteroatoms. The first-order chi connectivity index (χ1) is 15.2. The molecule has 0 aliphatic heterocycles. The van der Waals surface area contributed by atoms with Gasteiger partial charge >= 0.3 is 6.18 Å². The van der Waals surface area contributed by atoms with Crippen LogP contribution in [-0.4, -0.2) is 27.0 Å². The second-order valence-electron chi connectivity index (χ2n) is 7.70. The number of rotatable bonds is 5. The van der Waals surface area contributed by atoms with Crippen LogP contribution in [0.3, 0.4) is 0 Å². The van der Waals surface area contributed by atoms with Crippen molar-refractivity contribution < 1.29 is 18.0 Å². The van der Waals surface area contributed by atoms with Gasteiger partial charge in [-0.2, -0.15) is 13.2 Å². The number of aromatic amines is 1. The van der Waals surface area contributed by atoms with Gasteiger partial charge in [0.05, 0.1) is 11.0 Å². The molecule has 0 radical (unpaired) electrons. The second-order valence-corrected chi connectivity index (χ2v) is 7.70. The Bertz CT molecular complexity index is 1370. The number of benzene rings is 2. The van der Waals surface area contributed by atoms with Gasteiger partial charge in [0.2, 0.25) is 11.6 Å². The lowest BCUT2D eigenvalue weighted by atomic mass is 10.1. The smallest absolute Gasteiger partial charge is 0.361 e. The molecule has 0 unspecified atom stereocenters. The number of aryl methyl sites for hydroxylation is 1. The van der Waals surface area contributed by atoms with E-state index in [-0.39, 0.29) is 17.6 Å². The van der Waals surface area contributed by atoms with Crippen LogP contribution in [0.4, 0.5) is 13.2 Å². The summed E-state index contributed by atoms with van der Waals surface area (Å²) in [5.74, 6) is -0.549. The quantitative estimate of drug-likeness (QED) is 0.488. The van der Waals surface area contributed by atoms with Crippen LogP contribution in [0.25, 0.3) is 21.9 Å². The normalized spacial score (nSPS) is 12.9. The molecular weight excluding hydrogens is 421 g/mol. The zero-order valence-electron chi connectivity index (χ0n) is 17.5. The number of fused-ring (bicyclic) bond motifs is 2. The number of hydrogen-bond acceptors (Lipinski definition) is 3. The van der Waals surface area contributed by atoms with E-state index in [9.17, 15) is 22.8 Å². The van der Waals surface area contributed by atoms with Crippen molar-refractivity contribution in [1.29, 1.82) is 0 Å². The Morgan fingerprint density at radius 1 is 1.22 bits per heavy atom. The Balaban J connectivity index is 1.58. The number of carbonyl (C=O) groups excluding carboxylic acids is 1. The highest BCUT2D eigenvalue weighted by atomic mass is 19.4. The van der Waals surface area contributed by atoms with Crippen LogP contribution >= 0.6 is 0 Å². The van der Waals surface area contributed by atoms with Gasteiger partial charge in [0.15, 0.2) is 0 Å². The van der Waals surface area contributed by atoms with E-state index in [2.05, 4.69) is 15.3 Å². The highest BCUT2D eigenvalue weighted by molar-refractivity contribution is 5.85. The number of carbonyl (C=O) groups is 1. The molecule has 32 heavy (non-hydrogen) atoms. The maximum absolute atomic E-state index is 13.4. The number of halogens is 3. The minimum absolute atomic E-state index is 0.00626. The Kier molecular flexibility index (Phi) is 5.50. The predicted octanol–water partition coefficient (Wildman–Crippen LogP) is 4.12. The third-order valence-corrected chi connectivity index (χ3v) is 5.45. The monoisotopic (exact) mass is 442 g/mol. The average molecular weight is 442 g/mol. The van der Waals surface area contributed by atoms with Gasteiger partial charge in [-0.05, 0) is 50.1 Å². The van der Waals surface area contributed by atoms with E-state index in [1.165, 1.54) is 25.1 Å². The summed E-state index contributed by atoms with van der Waals surface area (Å²) in [6.45, 7) is 3.66. The van der Waals surface area contributed by atoms with Crippen LogP contribution in [0.1, 0.15) is 29.8 Å². The number of H-pyrrole nitrogens is 1. The summed E-state index contributed by atoms with van der Waals surface area (Å²) in [7, 11) is 0. The largest absolute Gasteiger partial charge is 0.438 e. The fraction of sp³-hybridized carbons (Fsp3) is 0.261. The molecular formula is C23H21F3N4O2. The first-order valence-electron chi connectivity index (χ1n) is 10.1. The number of para-hydroxylation sites is 2. The molecule has 1 amide bonds. The van der Waals surface area contributed by atoms with Crippen molar-refractivity contribution >= 4 is 27.8 Å². The number of aromatic nitrogens is 3. The van der Waals surface area contributed by atoms with Gasteiger partial charge in [-0.15, -0.1) is 0 Å². The molecule has 2 heterocycles. The molecule has 1 atom stereocenters. The first-order valence-corrected chi connectivity index (χ1v) is 10.1. The molecule has 166 valence electrons. The Hall–Kier alpha value is -3.62. The maximum atomic E-state index is 13.4. The van der Waals surface area contributed by atoms with Crippen LogP contribution in [0.2, 0.25) is 0 Å². The van der Waals surface area contributed by atoms with Gasteiger partial charge in [-0.25, -0.2) is 4.98 Å². The van der Waals surface area contributed by atoms with E-state index in [1.807, 2.05) is 31.3 Å². The third-order valence-electron chi connectivity index (χ3n) is 5.45. The van der Waals surface area contributed by atoms with Gasteiger partial charge in [-0.1, -0.05) is 23.8 Å². The maximum Gasteiger partial charge on any atom is 0.438 e. The van der Waals surface area contributed by atoms with Crippen LogP contribution < -0.4 is 10.9 Å². The molecule has 0 fully saturated rings. The number of nitrogens with zero attached hydrogens (tertiary/aromatic N) is 2. The van der Waals surface area contributed by atoms with Crippen molar-refractivity contribution in [3.8, 4) is 0 Å². The highest BCUT2D eigenvalue weighted by Gasteiger charge is 2.38. The van der Waals surface area contributed by atoms with Gasteiger partial charge in [-0.3, -0.25) is 14.2 Å². The summed E-state index contributed by atoms with van der Waals surface area (Å²) in [6, 6.07) is 10.8. The molecule has 6 nitrogen and oxygen atoms in total. The molecule has 4 rings (SSSR count). The van der Waals surface area contributed by atoms with Gasteiger partial charge in [0, 0.05) is 23.6 Å². The van der Waals surface area contributed by atoms with Crippen LogP contribution in [0, 0.1) is 6.92 Å². The molecule has 2 aromatic carbocycles. The minimum Gasteiger partial charge on any atom is -0.361 e. The zero-order chi connectivity index (χ0) is 23.0. The Morgan fingerprint density at radius 3 is 2.72 bits per heavy atom. The summed E-state index contributed by atoms with van der Waals surface area (Å²) in [5, 5.41) is 3.79. The zero-order valence-corrected chi connectivity index (χ0v) is 17.5. The summed E-state index contributed by atoms with van der Waals surface area (Å²) in [5.41, 5.74) is 0.396. The van der Waals surface area contributed by atoms with Crippen LogP contribution in [0.5, 0.6) is 0 Å². The summed E-state index contributed by atoms with van der Waals surface area (Å²) in [4.78, 5) is 32.0. The van der Waals surface area contributed by atoms with E-state index in [4.69, 9.17) is 0 Å². The second kappa shape index (κ2) is 8.14. The Morgan fingerprint density at radius 2 is 1.97 bits per heavy atom. The standard InChI is InChI=1S/C23H21F3N4O2/c1-13-7-8-17-16(11-13)15(12-28-17)9-10-27-21(31)14(2)30-19-6-4-3-5-18(19)29-20(22(30)32)23(24,25)26/h3-8,11-12,14,28H,9-10H2,1-2H3,(H,27,31)/t14-/m0/s1. The first kappa shape index (κ1) is 21.6. The molecule has 0 saturated carbocycles. The fourth-order valence-corrected chi connectivity index (χ4v) is 3.81. The van der Waals surface area contributed by atoms with Crippen molar-refractivity contribution in [2.24, 2.45) is 0 Å². The van der Waals surface area contributed by atoms with Crippen molar-refractivity contribution in [2.45, 2.75) is 32.5 Å². The van der Waals surface area contributed by atoms with Crippen molar-refractivity contribution in [3.63, 3.8) is 0 Å². The fourth-order valence-electron chi connectivity index (χ4n) is 3.81. The van der Waals surface area contributed by atoms with Crippen LogP contribution in [-0.2, 0) is 17.4 Å². The lowest BCUT2D eigenvalue weighted by Gasteiger charge is -2.19. The van der Waals surface area contributed by atoms with Crippen molar-refractivity contribution in [2.75, 3.05) is 6.54 Å². The van der Waals surface area contributed by atoms with Gasteiger partial charge in [0.1, 0.15) is 6.04 Å². The summed E-state index contributed by atoms with van der Waals surface area (Å²) >= 11 is 0. The molecule has 0 aliphatic rings. The molecule has 2 aromatic heterocycles. The number of hydrogen-bond donors (Lipinski definition) is 2. The summed E-state index contributed by atoms with van der Waals surface area (Å²) < 4.78 is 40.9. The minimum atomic E-state index is -4.92. The SMILES string of the molecule is Cc1ccc2[nH]cc(CCNC(=O)[C@H](C)n3c(=O)c(C(F)(F)F)nc4ccccc43)c2c1. The highest BCUT2D eigenvalue weighted by Crippen LogP contribution is 2.27. The average Bonchev–Trinajstić information content (AvgIpc) is 3.14. The van der Waals surface area contributed by atoms with E-state index in [1.54, 1.807) is 6.07 Å². The third kappa shape index (κ3) is 3.98. The number of alkyl halides is 3. The topological polar surface area (TPSA) is 79.8 Å². The van der Waals surface area contributed by atoms with E-state index in [0.717, 1.165) is 26.6 Å². The summed E-state index contributed by atoms with van der Waals surface area (Å²) in [6.07, 6.45) is -2.52. The van der Waals surface area contributed by atoms with Crippen LogP contribution in [0.15, 0.2) is 53.5 Å². The number of nitrogens with one attached hydrogen (secondary N) is 2. The van der Waals surface area contributed by atoms with E-state index >= 15 is 0 Å². The number of amides is 1. The molecule has 2 N–H and O–H groups in total. The molecule has 4 aromatic rings. The van der Waals surface area contributed by atoms with Crippen molar-refractivity contribution in [3.05, 3.63) is 75.8 Å². The predicted molar refractivity (Wildman–Crippen MR) is 115 cm³/mol. The lowest BCUT2D eigenvalue weighted by molar-refractivity contribution is -0.142.